The molecule has 3 amide bonds. The predicted octanol–water partition coefficient (Wildman–Crippen LogP) is 1.60. The van der Waals surface area contributed by atoms with Crippen LogP contribution in [-0.2, 0) is 9.53 Å². The Morgan fingerprint density at radius 1 is 1.12 bits per heavy atom. The lowest BCUT2D eigenvalue weighted by Crippen LogP contribution is -2.80. The van der Waals surface area contributed by atoms with Crippen molar-refractivity contribution in [3.8, 4) is 0 Å². The van der Waals surface area contributed by atoms with E-state index in [2.05, 4.69) is 46.6 Å². The van der Waals surface area contributed by atoms with Crippen molar-refractivity contribution in [3.05, 3.63) is 12.7 Å². The number of rotatable bonds is 3. The fourth-order valence-electron chi connectivity index (χ4n) is 9.55. The highest BCUT2D eigenvalue weighted by Gasteiger charge is 2.60. The van der Waals surface area contributed by atoms with Gasteiger partial charge in [0.1, 0.15) is 6.17 Å². The molecule has 2 saturated carbocycles. The van der Waals surface area contributed by atoms with Crippen molar-refractivity contribution >= 4 is 23.5 Å². The van der Waals surface area contributed by atoms with E-state index in [1.54, 1.807) is 0 Å². The summed E-state index contributed by atoms with van der Waals surface area (Å²) in [6, 6.07) is -0.122. The number of hydrogen-bond donors (Lipinski definition) is 4. The summed E-state index contributed by atoms with van der Waals surface area (Å²) in [5.74, 6) is -0.0253. The van der Waals surface area contributed by atoms with Crippen molar-refractivity contribution in [1.29, 1.82) is 0 Å². The number of carbonyl (C=O) groups is 2. The van der Waals surface area contributed by atoms with Gasteiger partial charge >= 0.3 is 6.03 Å². The molecule has 11 unspecified atom stereocenters. The summed E-state index contributed by atoms with van der Waals surface area (Å²) in [6.45, 7) is 11.4. The van der Waals surface area contributed by atoms with E-state index in [0.717, 1.165) is 32.2 Å². The topological polar surface area (TPSA) is 101 Å². The molecule has 13 atom stereocenters. The highest BCUT2D eigenvalue weighted by Crippen LogP contribution is 2.45. The lowest BCUT2D eigenvalue weighted by atomic mass is 9.72. The average molecular weight is 622 g/mol. The maximum atomic E-state index is 15.8. The molecule has 43 heavy (non-hydrogen) atoms. The van der Waals surface area contributed by atoms with Crippen LogP contribution in [0.2, 0.25) is 0 Å². The molecule has 5 aliphatic heterocycles. The Labute approximate surface area is 259 Å². The van der Waals surface area contributed by atoms with Crippen LogP contribution in [0.3, 0.4) is 0 Å². The van der Waals surface area contributed by atoms with Gasteiger partial charge in [0.25, 0.3) is 0 Å². The molecule has 0 aromatic heterocycles. The number of fused-ring (bicyclic) bond motifs is 6. The summed E-state index contributed by atoms with van der Waals surface area (Å²) < 4.78 is 22.4. The molecule has 7 rings (SSSR count). The van der Waals surface area contributed by atoms with Gasteiger partial charge in [0.05, 0.1) is 31.1 Å². The van der Waals surface area contributed by atoms with E-state index in [4.69, 9.17) is 16.3 Å². The fraction of sp³-hybridized carbons (Fsp3) is 0.871. The van der Waals surface area contributed by atoms with Gasteiger partial charge in [0.2, 0.25) is 5.91 Å². The van der Waals surface area contributed by atoms with Crippen molar-refractivity contribution in [1.82, 2.24) is 36.0 Å². The van der Waals surface area contributed by atoms with E-state index in [9.17, 15) is 9.59 Å². The van der Waals surface area contributed by atoms with Gasteiger partial charge in [0, 0.05) is 67.1 Å². The Bertz CT molecular complexity index is 1090. The van der Waals surface area contributed by atoms with Crippen LogP contribution in [0.1, 0.15) is 52.4 Å². The normalized spacial score (nSPS) is 46.8. The Balaban J connectivity index is 1.25. The molecule has 0 spiro atoms. The molecule has 5 heterocycles. The number of amides is 3. The first-order valence-corrected chi connectivity index (χ1v) is 17.1. The van der Waals surface area contributed by atoms with Crippen LogP contribution in [0, 0.1) is 17.8 Å². The first kappa shape index (κ1) is 30.2. The van der Waals surface area contributed by atoms with Crippen molar-refractivity contribution in [2.45, 2.75) is 119 Å². The quantitative estimate of drug-likeness (QED) is 0.281. The van der Waals surface area contributed by atoms with E-state index in [1.807, 2.05) is 9.80 Å². The maximum Gasteiger partial charge on any atom is 0.320 e. The number of hydrogen-bond acceptors (Lipinski definition) is 7. The molecule has 2 aliphatic carbocycles. The van der Waals surface area contributed by atoms with Crippen molar-refractivity contribution in [2.24, 2.45) is 17.8 Å². The van der Waals surface area contributed by atoms with Crippen LogP contribution in [0.25, 0.3) is 0 Å². The van der Waals surface area contributed by atoms with Crippen LogP contribution in [-0.4, -0.2) is 126 Å². The largest absolute Gasteiger partial charge is 0.375 e. The monoisotopic (exact) mass is 621 g/mol. The Hall–Kier alpha value is -1.50. The van der Waals surface area contributed by atoms with Gasteiger partial charge in [-0.2, -0.15) is 0 Å². The second-order valence-electron chi connectivity index (χ2n) is 14.2. The summed E-state index contributed by atoms with van der Waals surface area (Å²) in [4.78, 5) is 33.3. The number of alkyl halides is 2. The molecular weight excluding hydrogens is 573 g/mol. The SMILES string of the molecule is C=CC(=O)N1CCN(C2NC(=O)N3C4NC(C(Cl)CC42)C2C(F)CCCC2NCCOC2CCNC(C(C)C)C23)[C@H]2C[C@H]21. The second kappa shape index (κ2) is 12.0. The van der Waals surface area contributed by atoms with Crippen LogP contribution in [0.15, 0.2) is 12.7 Å². The molecule has 10 nitrogen and oxygen atoms in total. The van der Waals surface area contributed by atoms with Gasteiger partial charge in [-0.15, -0.1) is 11.6 Å². The summed E-state index contributed by atoms with van der Waals surface area (Å²) in [5.41, 5.74) is 0. The van der Waals surface area contributed by atoms with Crippen molar-refractivity contribution < 1.29 is 18.7 Å². The Kier molecular flexibility index (Phi) is 8.43. The van der Waals surface area contributed by atoms with Gasteiger partial charge in [-0.1, -0.05) is 20.4 Å². The standard InChI is InChI=1S/C31H49ClFN7O3/c1-4-24(41)38-11-12-39(22-15-21(22)38)29-17-14-18(32)27-25-19(33)6-5-7-20(25)34-10-13-43-23-8-9-35-26(16(2)3)28(23)40(30(17)36-27)31(42)37-29/h4,16-23,25-30,34-36H,1,5-15H2,2-3H3,(H,37,42)/t17?,18?,19?,20?,21-,22+,23?,25?,26?,27?,28?,29?,30?/m1/s1. The van der Waals surface area contributed by atoms with E-state index in [0.29, 0.717) is 39.1 Å². The third-order valence-corrected chi connectivity index (χ3v) is 12.0. The molecule has 0 aromatic rings. The second-order valence-corrected chi connectivity index (χ2v) is 14.8. The minimum Gasteiger partial charge on any atom is -0.375 e. The number of ether oxygens (including phenoxy) is 1. The highest BCUT2D eigenvalue weighted by atomic mass is 35.5. The summed E-state index contributed by atoms with van der Waals surface area (Å²) in [7, 11) is 0. The molecule has 4 N–H and O–H groups in total. The molecule has 7 aliphatic rings. The lowest BCUT2D eigenvalue weighted by molar-refractivity contribution is -0.130. The van der Waals surface area contributed by atoms with Gasteiger partial charge in [-0.3, -0.25) is 15.0 Å². The van der Waals surface area contributed by atoms with E-state index in [1.165, 1.54) is 6.08 Å². The van der Waals surface area contributed by atoms with Gasteiger partial charge in [-0.25, -0.2) is 9.18 Å². The Morgan fingerprint density at radius 3 is 2.74 bits per heavy atom. The first-order valence-electron chi connectivity index (χ1n) is 16.7. The molecule has 7 fully saturated rings. The molecule has 2 bridgehead atoms. The number of urea groups is 1. The molecule has 5 saturated heterocycles. The predicted molar refractivity (Wildman–Crippen MR) is 162 cm³/mol. The third kappa shape index (κ3) is 5.29. The molecule has 240 valence electrons. The van der Waals surface area contributed by atoms with Crippen molar-refractivity contribution in [2.75, 3.05) is 32.8 Å². The van der Waals surface area contributed by atoms with E-state index in [-0.39, 0.29) is 89.8 Å². The van der Waals surface area contributed by atoms with E-state index >= 15 is 4.39 Å². The number of piperidine rings is 2. The zero-order valence-electron chi connectivity index (χ0n) is 25.5. The minimum atomic E-state index is -0.956. The summed E-state index contributed by atoms with van der Waals surface area (Å²) in [6.07, 6.45) is 4.50. The van der Waals surface area contributed by atoms with Gasteiger partial charge < -0.3 is 30.5 Å². The zero-order chi connectivity index (χ0) is 30.0. The van der Waals surface area contributed by atoms with Crippen LogP contribution >= 0.6 is 11.6 Å². The molecule has 12 heteroatoms. The number of carbonyl (C=O) groups excluding carboxylic acids is 2. The number of nitrogens with zero attached hydrogens (tertiary/aromatic N) is 3. The zero-order valence-corrected chi connectivity index (χ0v) is 26.2. The van der Waals surface area contributed by atoms with Gasteiger partial charge in [0.15, 0.2) is 0 Å². The summed E-state index contributed by atoms with van der Waals surface area (Å²) in [5, 5.41) is 14.4. The minimum absolute atomic E-state index is 0.00857. The maximum absolute atomic E-state index is 15.8. The molecule has 0 radical (unpaired) electrons. The third-order valence-electron chi connectivity index (χ3n) is 11.6. The highest BCUT2D eigenvalue weighted by molar-refractivity contribution is 6.21. The van der Waals surface area contributed by atoms with Crippen LogP contribution < -0.4 is 21.3 Å². The first-order chi connectivity index (χ1) is 20.8. The number of nitrogens with one attached hydrogen (secondary N) is 4. The summed E-state index contributed by atoms with van der Waals surface area (Å²) >= 11 is 7.29. The molecule has 0 aromatic carbocycles. The van der Waals surface area contributed by atoms with Crippen molar-refractivity contribution in [3.63, 3.8) is 0 Å². The van der Waals surface area contributed by atoms with E-state index < -0.39 is 6.17 Å². The Morgan fingerprint density at radius 2 is 1.95 bits per heavy atom. The lowest BCUT2D eigenvalue weighted by Gasteiger charge is -2.60. The number of piperazine rings is 1. The smallest absolute Gasteiger partial charge is 0.320 e. The molecular formula is C31H49ClFN7O3. The number of halogens is 2. The fourth-order valence-corrected chi connectivity index (χ4v) is 10.00. The van der Waals surface area contributed by atoms with Gasteiger partial charge in [-0.05, 0) is 57.1 Å². The average Bonchev–Trinajstić information content (AvgIpc) is 3.79. The van der Waals surface area contributed by atoms with Crippen LogP contribution in [0.4, 0.5) is 9.18 Å². The van der Waals surface area contributed by atoms with Crippen LogP contribution in [0.5, 0.6) is 0 Å².